The van der Waals surface area contributed by atoms with Crippen LogP contribution in [0.25, 0.3) is 6.08 Å². The maximum atomic E-state index is 10.4. The van der Waals surface area contributed by atoms with Crippen LogP contribution in [0, 0.1) is 0 Å². The summed E-state index contributed by atoms with van der Waals surface area (Å²) in [6.45, 7) is 0. The number of fused-ring (bicyclic) bond motifs is 1. The monoisotopic (exact) mass is 237 g/mol. The number of aliphatic hydroxyl groups is 1. The normalized spacial score (nSPS) is 21.4. The van der Waals surface area contributed by atoms with Crippen molar-refractivity contribution in [1.82, 2.24) is 0 Å². The molecular formula is C16H15NO. The zero-order valence-corrected chi connectivity index (χ0v) is 9.95. The summed E-state index contributed by atoms with van der Waals surface area (Å²) in [6.07, 6.45) is 3.56. The van der Waals surface area contributed by atoms with Crippen molar-refractivity contribution in [3.05, 3.63) is 71.8 Å². The van der Waals surface area contributed by atoms with Gasteiger partial charge in [-0.1, -0.05) is 54.6 Å². The smallest absolute Gasteiger partial charge is 0.103 e. The minimum atomic E-state index is -0.508. The van der Waals surface area contributed by atoms with Gasteiger partial charge in [-0.2, -0.15) is 0 Å². The van der Waals surface area contributed by atoms with Gasteiger partial charge in [-0.3, -0.25) is 0 Å². The van der Waals surface area contributed by atoms with Crippen LogP contribution < -0.4 is 5.32 Å². The fraction of sp³-hybridized carbons (Fsp3) is 0.125. The molecule has 2 heteroatoms. The molecule has 0 amide bonds. The van der Waals surface area contributed by atoms with Crippen LogP contribution in [0.1, 0.15) is 17.2 Å². The molecule has 3 rings (SSSR count). The topological polar surface area (TPSA) is 32.3 Å². The Labute approximate surface area is 107 Å². The van der Waals surface area contributed by atoms with E-state index >= 15 is 0 Å². The van der Waals surface area contributed by atoms with Crippen molar-refractivity contribution in [2.24, 2.45) is 0 Å². The van der Waals surface area contributed by atoms with E-state index in [1.165, 1.54) is 0 Å². The Balaban J connectivity index is 1.85. The molecule has 1 aliphatic rings. The zero-order valence-electron chi connectivity index (χ0n) is 9.95. The van der Waals surface area contributed by atoms with Crippen LogP contribution in [0.3, 0.4) is 0 Å². The number of aliphatic hydroxyl groups excluding tert-OH is 1. The predicted molar refractivity (Wildman–Crippen MR) is 74.3 cm³/mol. The van der Waals surface area contributed by atoms with Crippen LogP contribution in [0.2, 0.25) is 0 Å². The van der Waals surface area contributed by atoms with Gasteiger partial charge < -0.3 is 10.4 Å². The Hall–Kier alpha value is -2.06. The first kappa shape index (κ1) is 11.1. The molecule has 0 bridgehead atoms. The van der Waals surface area contributed by atoms with Crippen molar-refractivity contribution in [3.8, 4) is 0 Å². The maximum Gasteiger partial charge on any atom is 0.103 e. The Kier molecular flexibility index (Phi) is 2.87. The molecule has 0 aromatic heterocycles. The summed E-state index contributed by atoms with van der Waals surface area (Å²) in [5.74, 6) is 0. The van der Waals surface area contributed by atoms with Crippen LogP contribution in [0.15, 0.2) is 60.7 Å². The summed E-state index contributed by atoms with van der Waals surface area (Å²) in [5.41, 5.74) is 3.09. The molecule has 0 heterocycles. The number of anilines is 1. The first-order valence-corrected chi connectivity index (χ1v) is 6.11. The minimum Gasteiger partial charge on any atom is -0.386 e. The number of nitrogens with one attached hydrogen (secondary N) is 1. The van der Waals surface area contributed by atoms with Gasteiger partial charge in [0.15, 0.2) is 0 Å². The highest BCUT2D eigenvalue weighted by atomic mass is 16.3. The molecule has 90 valence electrons. The van der Waals surface area contributed by atoms with Crippen LogP contribution in [0.5, 0.6) is 0 Å². The second-order valence-electron chi connectivity index (χ2n) is 4.47. The van der Waals surface area contributed by atoms with Gasteiger partial charge in [-0.15, -0.1) is 0 Å². The van der Waals surface area contributed by atoms with Crippen molar-refractivity contribution in [2.45, 2.75) is 12.1 Å². The maximum absolute atomic E-state index is 10.4. The molecule has 0 unspecified atom stereocenters. The molecule has 2 nitrogen and oxygen atoms in total. The summed E-state index contributed by atoms with van der Waals surface area (Å²) in [4.78, 5) is 0. The van der Waals surface area contributed by atoms with E-state index in [0.717, 1.165) is 16.8 Å². The molecule has 2 aromatic rings. The number of benzene rings is 2. The number of hydrogen-bond donors (Lipinski definition) is 2. The standard InChI is InChI=1S/C16H15NO/c18-16-14-9-5-4-6-12(14)10-11-15(16)17-13-7-2-1-3-8-13/h1-11,15-18H/t15-,16-/m1/s1. The van der Waals surface area contributed by atoms with Crippen molar-refractivity contribution in [3.63, 3.8) is 0 Å². The highest BCUT2D eigenvalue weighted by molar-refractivity contribution is 5.60. The summed E-state index contributed by atoms with van der Waals surface area (Å²) < 4.78 is 0. The van der Waals surface area contributed by atoms with Crippen molar-refractivity contribution in [1.29, 1.82) is 0 Å². The first-order chi connectivity index (χ1) is 8.84. The molecule has 2 aromatic carbocycles. The number of para-hydroxylation sites is 1. The van der Waals surface area contributed by atoms with Gasteiger partial charge in [0.25, 0.3) is 0 Å². The second kappa shape index (κ2) is 4.67. The Morgan fingerprint density at radius 3 is 2.44 bits per heavy atom. The van der Waals surface area contributed by atoms with E-state index in [2.05, 4.69) is 11.4 Å². The molecule has 0 spiro atoms. The summed E-state index contributed by atoms with van der Waals surface area (Å²) >= 11 is 0. The third-order valence-corrected chi connectivity index (χ3v) is 3.25. The number of rotatable bonds is 2. The van der Waals surface area contributed by atoms with Gasteiger partial charge in [-0.05, 0) is 23.3 Å². The highest BCUT2D eigenvalue weighted by Crippen LogP contribution is 2.29. The SMILES string of the molecule is O[C@@H]1c2ccccc2C=C[C@H]1Nc1ccccc1. The Bertz CT molecular complexity index is 562. The molecule has 2 atom stereocenters. The van der Waals surface area contributed by atoms with Crippen LogP contribution in [-0.4, -0.2) is 11.1 Å². The fourth-order valence-corrected chi connectivity index (χ4v) is 2.29. The third-order valence-electron chi connectivity index (χ3n) is 3.25. The van der Waals surface area contributed by atoms with Gasteiger partial charge in [0.05, 0.1) is 6.04 Å². The molecule has 2 N–H and O–H groups in total. The number of hydrogen-bond acceptors (Lipinski definition) is 2. The van der Waals surface area contributed by atoms with Gasteiger partial charge in [0.1, 0.15) is 6.10 Å². The Morgan fingerprint density at radius 2 is 1.61 bits per heavy atom. The van der Waals surface area contributed by atoms with Crippen molar-refractivity contribution in [2.75, 3.05) is 5.32 Å². The summed E-state index contributed by atoms with van der Waals surface area (Å²) in [6, 6.07) is 17.8. The van der Waals surface area contributed by atoms with Gasteiger partial charge in [0, 0.05) is 5.69 Å². The van der Waals surface area contributed by atoms with E-state index in [9.17, 15) is 5.11 Å². The largest absolute Gasteiger partial charge is 0.386 e. The average Bonchev–Trinajstić information content (AvgIpc) is 2.43. The third kappa shape index (κ3) is 2.03. The van der Waals surface area contributed by atoms with Crippen LogP contribution in [0.4, 0.5) is 5.69 Å². The molecule has 0 fully saturated rings. The molecule has 0 aliphatic heterocycles. The zero-order chi connectivity index (χ0) is 12.4. The quantitative estimate of drug-likeness (QED) is 0.840. The summed E-state index contributed by atoms with van der Waals surface area (Å²) in [7, 11) is 0. The lowest BCUT2D eigenvalue weighted by molar-refractivity contribution is 0.168. The minimum absolute atomic E-state index is 0.0812. The Morgan fingerprint density at radius 1 is 0.889 bits per heavy atom. The van der Waals surface area contributed by atoms with E-state index in [1.807, 2.05) is 60.7 Å². The van der Waals surface area contributed by atoms with Crippen molar-refractivity contribution < 1.29 is 5.11 Å². The van der Waals surface area contributed by atoms with Crippen LogP contribution in [-0.2, 0) is 0 Å². The molecular weight excluding hydrogens is 222 g/mol. The predicted octanol–water partition coefficient (Wildman–Crippen LogP) is 3.23. The lowest BCUT2D eigenvalue weighted by atomic mass is 9.91. The molecule has 18 heavy (non-hydrogen) atoms. The van der Waals surface area contributed by atoms with E-state index in [4.69, 9.17) is 0 Å². The summed E-state index contributed by atoms with van der Waals surface area (Å²) in [5, 5.41) is 13.7. The van der Waals surface area contributed by atoms with E-state index < -0.39 is 6.10 Å². The van der Waals surface area contributed by atoms with E-state index in [0.29, 0.717) is 0 Å². The molecule has 0 radical (unpaired) electrons. The molecule has 0 saturated heterocycles. The molecule has 1 aliphatic carbocycles. The average molecular weight is 237 g/mol. The van der Waals surface area contributed by atoms with Gasteiger partial charge in [0.2, 0.25) is 0 Å². The lowest BCUT2D eigenvalue weighted by Crippen LogP contribution is -2.27. The highest BCUT2D eigenvalue weighted by Gasteiger charge is 2.23. The van der Waals surface area contributed by atoms with Gasteiger partial charge >= 0.3 is 0 Å². The second-order valence-corrected chi connectivity index (χ2v) is 4.47. The van der Waals surface area contributed by atoms with Crippen LogP contribution >= 0.6 is 0 Å². The first-order valence-electron chi connectivity index (χ1n) is 6.11. The molecule has 0 saturated carbocycles. The van der Waals surface area contributed by atoms with Crippen molar-refractivity contribution >= 4 is 11.8 Å². The van der Waals surface area contributed by atoms with E-state index in [1.54, 1.807) is 0 Å². The van der Waals surface area contributed by atoms with Gasteiger partial charge in [-0.25, -0.2) is 0 Å². The fourth-order valence-electron chi connectivity index (χ4n) is 2.29. The van der Waals surface area contributed by atoms with E-state index in [-0.39, 0.29) is 6.04 Å². The lowest BCUT2D eigenvalue weighted by Gasteiger charge is -2.27.